The smallest absolute Gasteiger partial charge is 0.341 e. The van der Waals surface area contributed by atoms with Crippen molar-refractivity contribution in [2.45, 2.75) is 25.3 Å². The number of hydrogen-bond donors (Lipinski definition) is 1. The normalized spacial score (nSPS) is 16.9. The Balaban J connectivity index is 1.51. The van der Waals surface area contributed by atoms with Crippen LogP contribution in [0.2, 0.25) is 5.02 Å². The molecule has 1 amide bonds. The Kier molecular flexibility index (Phi) is 6.64. The number of carbonyl (C=O) groups is 2. The highest BCUT2D eigenvalue weighted by Crippen LogP contribution is 2.41. The molecule has 0 spiro atoms. The quantitative estimate of drug-likeness (QED) is 0.541. The second kappa shape index (κ2) is 10.0. The van der Waals surface area contributed by atoms with E-state index in [-0.39, 0.29) is 12.5 Å². The number of anilines is 1. The fourth-order valence-electron chi connectivity index (χ4n) is 5.20. The first kappa shape index (κ1) is 23.2. The van der Waals surface area contributed by atoms with Crippen molar-refractivity contribution in [3.05, 3.63) is 94.0 Å². The molecule has 7 heteroatoms. The van der Waals surface area contributed by atoms with Gasteiger partial charge in [-0.15, -0.1) is 0 Å². The number of ether oxygens (including phenoxy) is 1. The van der Waals surface area contributed by atoms with E-state index in [1.54, 1.807) is 18.2 Å². The average Bonchev–Trinajstić information content (AvgIpc) is 2.87. The minimum absolute atomic E-state index is 0.0189. The summed E-state index contributed by atoms with van der Waals surface area (Å²) < 4.78 is 5.64. The summed E-state index contributed by atoms with van der Waals surface area (Å²) in [5.41, 5.74) is 5.25. The molecule has 0 saturated heterocycles. The first-order chi connectivity index (χ1) is 17.0. The second-order valence-corrected chi connectivity index (χ2v) is 9.39. The number of rotatable bonds is 6. The summed E-state index contributed by atoms with van der Waals surface area (Å²) in [5.74, 6) is -0.628. The molecule has 6 nitrogen and oxygen atoms in total. The standard InChI is InChI=1S/C28H27ClN2O4/c29-21-11-12-25(35-18-27(33)34)23(16-21)28-22-9-3-1-6-19(22)13-15-31(28)26(32)17-30-14-5-8-20-7-2-4-10-24(20)30/h1-4,6-7,9-12,16,28H,5,8,13-15,17-18H2,(H,33,34). The lowest BCUT2D eigenvalue weighted by Crippen LogP contribution is -2.46. The van der Waals surface area contributed by atoms with E-state index in [9.17, 15) is 9.59 Å². The van der Waals surface area contributed by atoms with Crippen LogP contribution in [-0.4, -0.2) is 48.1 Å². The van der Waals surface area contributed by atoms with Crippen molar-refractivity contribution >= 4 is 29.2 Å². The van der Waals surface area contributed by atoms with Gasteiger partial charge >= 0.3 is 5.97 Å². The lowest BCUT2D eigenvalue weighted by molar-refractivity contribution is -0.139. The number of nitrogens with zero attached hydrogens (tertiary/aromatic N) is 2. The Hall–Kier alpha value is -3.51. The van der Waals surface area contributed by atoms with E-state index in [0.29, 0.717) is 22.9 Å². The first-order valence-corrected chi connectivity index (χ1v) is 12.2. The van der Waals surface area contributed by atoms with Gasteiger partial charge in [0.05, 0.1) is 12.6 Å². The van der Waals surface area contributed by atoms with Gasteiger partial charge in [-0.25, -0.2) is 4.79 Å². The van der Waals surface area contributed by atoms with Gasteiger partial charge in [0.1, 0.15) is 5.75 Å². The van der Waals surface area contributed by atoms with Gasteiger partial charge in [0, 0.05) is 29.4 Å². The van der Waals surface area contributed by atoms with Crippen LogP contribution < -0.4 is 9.64 Å². The molecule has 1 N–H and O–H groups in total. The maximum absolute atomic E-state index is 13.8. The van der Waals surface area contributed by atoms with Gasteiger partial charge in [0.25, 0.3) is 0 Å². The van der Waals surface area contributed by atoms with Crippen LogP contribution in [0, 0.1) is 0 Å². The summed E-state index contributed by atoms with van der Waals surface area (Å²) in [5, 5.41) is 9.67. The number of aliphatic carboxylic acids is 1. The van der Waals surface area contributed by atoms with E-state index in [0.717, 1.165) is 42.6 Å². The van der Waals surface area contributed by atoms with Gasteiger partial charge in [-0.1, -0.05) is 54.1 Å². The highest BCUT2D eigenvalue weighted by atomic mass is 35.5. The number of fused-ring (bicyclic) bond motifs is 2. The fourth-order valence-corrected chi connectivity index (χ4v) is 5.38. The van der Waals surface area contributed by atoms with Gasteiger partial charge in [-0.3, -0.25) is 4.79 Å². The minimum Gasteiger partial charge on any atom is -0.482 e. The van der Waals surface area contributed by atoms with Crippen LogP contribution in [0.5, 0.6) is 5.75 Å². The van der Waals surface area contributed by atoms with E-state index in [2.05, 4.69) is 23.1 Å². The van der Waals surface area contributed by atoms with Crippen molar-refractivity contribution in [1.29, 1.82) is 0 Å². The van der Waals surface area contributed by atoms with E-state index in [1.165, 1.54) is 5.56 Å². The van der Waals surface area contributed by atoms with Crippen LogP contribution in [0.1, 0.15) is 34.7 Å². The number of carboxylic acid groups (broad SMARTS) is 1. The molecule has 2 aliphatic rings. The number of carbonyl (C=O) groups excluding carboxylic acids is 1. The van der Waals surface area contributed by atoms with E-state index in [1.807, 2.05) is 35.2 Å². The Labute approximate surface area is 209 Å². The molecule has 0 radical (unpaired) electrons. The predicted molar refractivity (Wildman–Crippen MR) is 135 cm³/mol. The topological polar surface area (TPSA) is 70.1 Å². The summed E-state index contributed by atoms with van der Waals surface area (Å²) in [6.45, 7) is 1.20. The molecule has 3 aromatic carbocycles. The molecule has 5 rings (SSSR count). The summed E-state index contributed by atoms with van der Waals surface area (Å²) in [6.07, 6.45) is 2.78. The zero-order valence-corrected chi connectivity index (χ0v) is 20.1. The maximum atomic E-state index is 13.8. The molecule has 0 bridgehead atoms. The van der Waals surface area contributed by atoms with Crippen LogP contribution >= 0.6 is 11.6 Å². The summed E-state index contributed by atoms with van der Waals surface area (Å²) in [6, 6.07) is 21.0. The maximum Gasteiger partial charge on any atom is 0.341 e. The van der Waals surface area contributed by atoms with E-state index in [4.69, 9.17) is 21.4 Å². The summed E-state index contributed by atoms with van der Waals surface area (Å²) in [7, 11) is 0. The van der Waals surface area contributed by atoms with Crippen LogP contribution in [0.25, 0.3) is 0 Å². The number of aryl methyl sites for hydroxylation is 1. The van der Waals surface area contributed by atoms with Gasteiger partial charge in [0.2, 0.25) is 5.91 Å². The number of amides is 1. The molecule has 2 heterocycles. The van der Waals surface area contributed by atoms with Crippen molar-refractivity contribution in [3.8, 4) is 5.75 Å². The molecule has 2 aliphatic heterocycles. The fraction of sp³-hybridized carbons (Fsp3) is 0.286. The minimum atomic E-state index is -1.06. The van der Waals surface area contributed by atoms with Crippen molar-refractivity contribution in [2.75, 3.05) is 31.1 Å². The Morgan fingerprint density at radius 1 is 0.943 bits per heavy atom. The predicted octanol–water partition coefficient (Wildman–Crippen LogP) is 4.73. The molecule has 0 aliphatic carbocycles. The third kappa shape index (κ3) is 4.84. The zero-order valence-electron chi connectivity index (χ0n) is 19.3. The third-order valence-electron chi connectivity index (χ3n) is 6.75. The molecule has 35 heavy (non-hydrogen) atoms. The SMILES string of the molecule is O=C(O)COc1ccc(Cl)cc1C1c2ccccc2CCN1C(=O)CN1CCCc2ccccc21. The van der Waals surface area contributed by atoms with Crippen molar-refractivity contribution < 1.29 is 19.4 Å². The van der Waals surface area contributed by atoms with Crippen molar-refractivity contribution in [3.63, 3.8) is 0 Å². The molecule has 180 valence electrons. The first-order valence-electron chi connectivity index (χ1n) is 11.9. The van der Waals surface area contributed by atoms with Gasteiger partial charge in [-0.2, -0.15) is 0 Å². The molecule has 3 aromatic rings. The highest BCUT2D eigenvalue weighted by Gasteiger charge is 2.35. The molecular weight excluding hydrogens is 464 g/mol. The number of carboxylic acids is 1. The molecule has 0 fully saturated rings. The lowest BCUT2D eigenvalue weighted by Gasteiger charge is -2.40. The number of hydrogen-bond acceptors (Lipinski definition) is 4. The summed E-state index contributed by atoms with van der Waals surface area (Å²) in [4.78, 5) is 29.1. The Morgan fingerprint density at radius 3 is 2.54 bits per heavy atom. The zero-order chi connectivity index (χ0) is 24.4. The molecule has 1 unspecified atom stereocenters. The summed E-state index contributed by atoms with van der Waals surface area (Å²) >= 11 is 6.38. The Morgan fingerprint density at radius 2 is 1.71 bits per heavy atom. The monoisotopic (exact) mass is 490 g/mol. The largest absolute Gasteiger partial charge is 0.482 e. The molecule has 0 saturated carbocycles. The number of para-hydroxylation sites is 1. The van der Waals surface area contributed by atoms with Crippen LogP contribution in [0.15, 0.2) is 66.7 Å². The number of halogens is 1. The second-order valence-electron chi connectivity index (χ2n) is 8.96. The highest BCUT2D eigenvalue weighted by molar-refractivity contribution is 6.30. The molecular formula is C28H27ClN2O4. The van der Waals surface area contributed by atoms with Gasteiger partial charge < -0.3 is 19.6 Å². The van der Waals surface area contributed by atoms with Gasteiger partial charge in [-0.05, 0) is 60.2 Å². The van der Waals surface area contributed by atoms with Crippen molar-refractivity contribution in [1.82, 2.24) is 4.90 Å². The third-order valence-corrected chi connectivity index (χ3v) is 6.99. The van der Waals surface area contributed by atoms with Gasteiger partial charge in [0.15, 0.2) is 6.61 Å². The number of benzene rings is 3. The van der Waals surface area contributed by atoms with E-state index < -0.39 is 18.6 Å². The van der Waals surface area contributed by atoms with Crippen molar-refractivity contribution in [2.24, 2.45) is 0 Å². The van der Waals surface area contributed by atoms with Crippen LogP contribution in [0.4, 0.5) is 5.69 Å². The molecule has 1 atom stereocenters. The lowest BCUT2D eigenvalue weighted by atomic mass is 9.87. The average molecular weight is 491 g/mol. The van der Waals surface area contributed by atoms with Crippen LogP contribution in [0.3, 0.4) is 0 Å². The van der Waals surface area contributed by atoms with E-state index >= 15 is 0 Å². The molecule has 0 aromatic heterocycles. The Bertz CT molecular complexity index is 1260. The van der Waals surface area contributed by atoms with Crippen LogP contribution in [-0.2, 0) is 22.4 Å².